The quantitative estimate of drug-likeness (QED) is 0.618. The van der Waals surface area contributed by atoms with Gasteiger partial charge < -0.3 is 11.1 Å². The number of rotatable bonds is 5. The lowest BCUT2D eigenvalue weighted by Crippen LogP contribution is -2.26. The van der Waals surface area contributed by atoms with Crippen molar-refractivity contribution in [3.05, 3.63) is 28.0 Å². The summed E-state index contributed by atoms with van der Waals surface area (Å²) in [7, 11) is -3.04. The second-order valence-electron chi connectivity index (χ2n) is 4.09. The van der Waals surface area contributed by atoms with E-state index in [1.807, 2.05) is 0 Å². The van der Waals surface area contributed by atoms with Gasteiger partial charge in [0, 0.05) is 17.3 Å². The van der Waals surface area contributed by atoms with Crippen LogP contribution in [0.1, 0.15) is 16.8 Å². The SMILES string of the molecule is CS(=O)(=O)CCCNC(=O)c1cc(N)c(F)cc1Br. The molecule has 0 unspecified atom stereocenters. The third-order valence-corrected chi connectivity index (χ3v) is 3.99. The third kappa shape index (κ3) is 5.15. The molecule has 1 rings (SSSR count). The summed E-state index contributed by atoms with van der Waals surface area (Å²) in [4.78, 5) is 11.8. The smallest absolute Gasteiger partial charge is 0.252 e. The Morgan fingerprint density at radius 3 is 2.68 bits per heavy atom. The Labute approximate surface area is 119 Å². The molecule has 3 N–H and O–H groups in total. The number of nitrogens with one attached hydrogen (secondary N) is 1. The zero-order valence-electron chi connectivity index (χ0n) is 10.2. The first-order valence-electron chi connectivity index (χ1n) is 5.41. The normalized spacial score (nSPS) is 11.3. The van der Waals surface area contributed by atoms with Crippen LogP contribution in [-0.2, 0) is 9.84 Å². The maximum Gasteiger partial charge on any atom is 0.252 e. The van der Waals surface area contributed by atoms with Crippen molar-refractivity contribution >= 4 is 37.4 Å². The number of amides is 1. The van der Waals surface area contributed by atoms with E-state index in [9.17, 15) is 17.6 Å². The first kappa shape index (κ1) is 15.9. The van der Waals surface area contributed by atoms with E-state index < -0.39 is 21.6 Å². The molecule has 0 aliphatic rings. The van der Waals surface area contributed by atoms with Gasteiger partial charge in [0.05, 0.1) is 17.0 Å². The van der Waals surface area contributed by atoms with Gasteiger partial charge in [0.15, 0.2) is 0 Å². The van der Waals surface area contributed by atoms with Gasteiger partial charge in [-0.3, -0.25) is 4.79 Å². The molecule has 1 aromatic rings. The number of carbonyl (C=O) groups is 1. The molecule has 0 bridgehead atoms. The van der Waals surface area contributed by atoms with Gasteiger partial charge in [-0.15, -0.1) is 0 Å². The monoisotopic (exact) mass is 352 g/mol. The number of benzene rings is 1. The fourth-order valence-electron chi connectivity index (χ4n) is 1.37. The third-order valence-electron chi connectivity index (χ3n) is 2.31. The van der Waals surface area contributed by atoms with Gasteiger partial charge in [-0.05, 0) is 34.5 Å². The summed E-state index contributed by atoms with van der Waals surface area (Å²) in [6.45, 7) is 0.218. The minimum absolute atomic E-state index is 0.00000631. The van der Waals surface area contributed by atoms with E-state index in [-0.39, 0.29) is 23.5 Å². The molecule has 19 heavy (non-hydrogen) atoms. The van der Waals surface area contributed by atoms with Crippen molar-refractivity contribution in [2.24, 2.45) is 0 Å². The van der Waals surface area contributed by atoms with Crippen LogP contribution in [0.5, 0.6) is 0 Å². The Morgan fingerprint density at radius 1 is 1.47 bits per heavy atom. The highest BCUT2D eigenvalue weighted by molar-refractivity contribution is 9.10. The largest absolute Gasteiger partial charge is 0.396 e. The van der Waals surface area contributed by atoms with Crippen molar-refractivity contribution in [3.8, 4) is 0 Å². The fraction of sp³-hybridized carbons (Fsp3) is 0.364. The van der Waals surface area contributed by atoms with Gasteiger partial charge in [0.2, 0.25) is 0 Å². The lowest BCUT2D eigenvalue weighted by molar-refractivity contribution is 0.0953. The van der Waals surface area contributed by atoms with Gasteiger partial charge in [0.25, 0.3) is 5.91 Å². The topological polar surface area (TPSA) is 89.3 Å². The Morgan fingerprint density at radius 2 is 2.11 bits per heavy atom. The van der Waals surface area contributed by atoms with Crippen LogP contribution in [0.15, 0.2) is 16.6 Å². The van der Waals surface area contributed by atoms with Crippen molar-refractivity contribution < 1.29 is 17.6 Å². The van der Waals surface area contributed by atoms with Crippen molar-refractivity contribution in [2.75, 3.05) is 24.3 Å². The van der Waals surface area contributed by atoms with Gasteiger partial charge in [-0.25, -0.2) is 12.8 Å². The number of hydrogen-bond acceptors (Lipinski definition) is 4. The van der Waals surface area contributed by atoms with Crippen LogP contribution < -0.4 is 11.1 Å². The standard InChI is InChI=1S/C11H14BrFN2O3S/c1-19(17,18)4-2-3-15-11(16)7-5-10(14)9(13)6-8(7)12/h5-6H,2-4,14H2,1H3,(H,15,16). The Bertz CT molecular complexity index is 590. The number of halogens is 2. The highest BCUT2D eigenvalue weighted by Gasteiger charge is 2.13. The molecule has 0 saturated carbocycles. The van der Waals surface area contributed by atoms with Crippen LogP contribution in [0, 0.1) is 5.82 Å². The molecule has 1 aromatic carbocycles. The number of anilines is 1. The Kier molecular flexibility index (Phi) is 5.30. The predicted octanol–water partition coefficient (Wildman–Crippen LogP) is 1.33. The van der Waals surface area contributed by atoms with Gasteiger partial charge in [0.1, 0.15) is 15.7 Å². The van der Waals surface area contributed by atoms with E-state index in [2.05, 4.69) is 21.2 Å². The van der Waals surface area contributed by atoms with E-state index in [0.717, 1.165) is 12.3 Å². The second-order valence-corrected chi connectivity index (χ2v) is 7.21. The van der Waals surface area contributed by atoms with E-state index in [1.54, 1.807) is 0 Å². The van der Waals surface area contributed by atoms with Crippen molar-refractivity contribution in [3.63, 3.8) is 0 Å². The maximum atomic E-state index is 13.1. The summed E-state index contributed by atoms with van der Waals surface area (Å²) in [5.74, 6) is -1.05. The molecule has 1 amide bonds. The van der Waals surface area contributed by atoms with Crippen LogP contribution in [0.4, 0.5) is 10.1 Å². The van der Waals surface area contributed by atoms with Crippen LogP contribution in [0.2, 0.25) is 0 Å². The molecule has 106 valence electrons. The highest BCUT2D eigenvalue weighted by atomic mass is 79.9. The molecule has 0 aromatic heterocycles. The van der Waals surface area contributed by atoms with Gasteiger partial charge in [-0.1, -0.05) is 0 Å². The molecule has 0 fully saturated rings. The number of nitrogen functional groups attached to an aromatic ring is 1. The molecule has 0 aliphatic carbocycles. The molecule has 5 nitrogen and oxygen atoms in total. The Balaban J connectivity index is 2.62. The molecule has 0 atom stereocenters. The van der Waals surface area contributed by atoms with Crippen molar-refractivity contribution in [1.29, 1.82) is 0 Å². The van der Waals surface area contributed by atoms with Crippen molar-refractivity contribution in [1.82, 2.24) is 5.32 Å². The summed E-state index contributed by atoms with van der Waals surface area (Å²) in [5, 5.41) is 2.55. The number of carbonyl (C=O) groups excluding carboxylic acids is 1. The van der Waals surface area contributed by atoms with E-state index in [0.29, 0.717) is 10.9 Å². The molecule has 0 heterocycles. The summed E-state index contributed by atoms with van der Waals surface area (Å²) in [6, 6.07) is 2.34. The summed E-state index contributed by atoms with van der Waals surface area (Å²) < 4.78 is 35.2. The van der Waals surface area contributed by atoms with Crippen LogP contribution in [-0.4, -0.2) is 32.9 Å². The molecule has 0 radical (unpaired) electrons. The lowest BCUT2D eigenvalue weighted by atomic mass is 10.2. The summed E-state index contributed by atoms with van der Waals surface area (Å²) in [6.07, 6.45) is 1.45. The number of nitrogens with two attached hydrogens (primary N) is 1. The predicted molar refractivity (Wildman–Crippen MR) is 75.2 cm³/mol. The van der Waals surface area contributed by atoms with E-state index in [1.165, 1.54) is 6.07 Å². The van der Waals surface area contributed by atoms with Gasteiger partial charge in [-0.2, -0.15) is 0 Å². The fourth-order valence-corrected chi connectivity index (χ4v) is 2.54. The molecule has 8 heteroatoms. The Hall–Kier alpha value is -1.15. The number of hydrogen-bond donors (Lipinski definition) is 2. The van der Waals surface area contributed by atoms with Gasteiger partial charge >= 0.3 is 0 Å². The molecule has 0 spiro atoms. The molecule has 0 aliphatic heterocycles. The zero-order valence-corrected chi connectivity index (χ0v) is 12.6. The summed E-state index contributed by atoms with van der Waals surface area (Å²) >= 11 is 3.07. The molecule has 0 saturated heterocycles. The number of sulfone groups is 1. The van der Waals surface area contributed by atoms with Crippen LogP contribution in [0.25, 0.3) is 0 Å². The first-order chi connectivity index (χ1) is 8.70. The maximum absolute atomic E-state index is 13.1. The van der Waals surface area contributed by atoms with E-state index >= 15 is 0 Å². The average Bonchev–Trinajstić information content (AvgIpc) is 2.28. The zero-order chi connectivity index (χ0) is 14.6. The molecular weight excluding hydrogens is 339 g/mol. The highest BCUT2D eigenvalue weighted by Crippen LogP contribution is 2.22. The van der Waals surface area contributed by atoms with E-state index in [4.69, 9.17) is 5.73 Å². The lowest BCUT2D eigenvalue weighted by Gasteiger charge is -2.08. The van der Waals surface area contributed by atoms with Crippen LogP contribution in [0.3, 0.4) is 0 Å². The minimum atomic E-state index is -3.04. The molecular formula is C11H14BrFN2O3S. The first-order valence-corrected chi connectivity index (χ1v) is 8.26. The average molecular weight is 353 g/mol. The summed E-state index contributed by atoms with van der Waals surface area (Å²) in [5.41, 5.74) is 5.47. The van der Waals surface area contributed by atoms with Crippen molar-refractivity contribution in [2.45, 2.75) is 6.42 Å². The second kappa shape index (κ2) is 6.33. The van der Waals surface area contributed by atoms with Crippen LogP contribution >= 0.6 is 15.9 Å². The minimum Gasteiger partial charge on any atom is -0.396 e.